The van der Waals surface area contributed by atoms with E-state index in [-0.39, 0.29) is 11.4 Å². The number of carbonyl (C=O) groups is 1. The van der Waals surface area contributed by atoms with Crippen LogP contribution in [0.15, 0.2) is 60.7 Å². The van der Waals surface area contributed by atoms with Gasteiger partial charge in [-0.3, -0.25) is 9.69 Å². The molecule has 1 amide bonds. The van der Waals surface area contributed by atoms with Crippen molar-refractivity contribution < 1.29 is 10.0 Å². The second-order valence-corrected chi connectivity index (χ2v) is 10.8. The highest BCUT2D eigenvalue weighted by molar-refractivity contribution is 5.96. The largest absolute Gasteiger partial charge is 0.411 e. The minimum atomic E-state index is -0.0142. The van der Waals surface area contributed by atoms with Gasteiger partial charge in [0.1, 0.15) is 0 Å². The number of hydrogen-bond acceptors (Lipinski definition) is 4. The molecule has 2 fully saturated rings. The highest BCUT2D eigenvalue weighted by Gasteiger charge is 2.40. The van der Waals surface area contributed by atoms with Crippen molar-refractivity contribution in [1.82, 2.24) is 19.7 Å². The number of likely N-dealkylation sites (tertiary alicyclic amines) is 2. The number of aromatic nitrogens is 2. The van der Waals surface area contributed by atoms with Crippen LogP contribution in [0.5, 0.6) is 0 Å². The normalized spacial score (nSPS) is 19.1. The van der Waals surface area contributed by atoms with Gasteiger partial charge in [0.05, 0.1) is 17.0 Å². The highest BCUT2D eigenvalue weighted by atomic mass is 16.5. The first kappa shape index (κ1) is 24.6. The molecule has 190 valence electrons. The summed E-state index contributed by atoms with van der Waals surface area (Å²) in [5, 5.41) is 13.9. The maximum absolute atomic E-state index is 13.2. The van der Waals surface area contributed by atoms with Crippen LogP contribution in [0.2, 0.25) is 0 Å². The van der Waals surface area contributed by atoms with Crippen molar-refractivity contribution in [3.05, 3.63) is 88.7 Å². The van der Waals surface area contributed by atoms with Gasteiger partial charge in [-0.1, -0.05) is 60.7 Å². The molecule has 3 aromatic rings. The smallest absolute Gasteiger partial charge is 0.257 e. The van der Waals surface area contributed by atoms with Crippen LogP contribution >= 0.6 is 0 Å². The van der Waals surface area contributed by atoms with Crippen LogP contribution in [-0.4, -0.2) is 62.6 Å². The van der Waals surface area contributed by atoms with Crippen molar-refractivity contribution in [3.8, 4) is 0 Å². The maximum Gasteiger partial charge on any atom is 0.257 e. The highest BCUT2D eigenvalue weighted by Crippen LogP contribution is 2.40. The van der Waals surface area contributed by atoms with Gasteiger partial charge in [-0.05, 0) is 76.6 Å². The van der Waals surface area contributed by atoms with Crippen molar-refractivity contribution in [2.24, 2.45) is 5.92 Å². The number of carbonyl (C=O) groups excluding carboxylic acids is 1. The average Bonchev–Trinajstić information content (AvgIpc) is 3.16. The second kappa shape index (κ2) is 10.1. The summed E-state index contributed by atoms with van der Waals surface area (Å²) in [5.74, 6) is 1.04. The Morgan fingerprint density at radius 1 is 0.917 bits per heavy atom. The lowest BCUT2D eigenvalue weighted by molar-refractivity contribution is 0.01000. The van der Waals surface area contributed by atoms with Crippen LogP contribution in [-0.2, 0) is 0 Å². The second-order valence-electron chi connectivity index (χ2n) is 10.8. The Hall–Kier alpha value is -3.12. The Balaban J connectivity index is 1.23. The van der Waals surface area contributed by atoms with Gasteiger partial charge in [0.15, 0.2) is 0 Å². The Kier molecular flexibility index (Phi) is 6.89. The molecule has 0 radical (unpaired) electrons. The number of hydrogen-bond donors (Lipinski definition) is 1. The van der Waals surface area contributed by atoms with E-state index >= 15 is 0 Å². The fraction of sp³-hybridized carbons (Fsp3) is 0.467. The number of nitrogens with zero attached hydrogens (tertiary/aromatic N) is 4. The van der Waals surface area contributed by atoms with Gasteiger partial charge in [-0.15, -0.1) is 9.94 Å². The molecule has 0 atom stereocenters. The maximum atomic E-state index is 13.2. The molecular formula is C30H38N4O2. The summed E-state index contributed by atoms with van der Waals surface area (Å²) in [6.45, 7) is 9.57. The molecule has 0 unspecified atom stereocenters. The predicted molar refractivity (Wildman–Crippen MR) is 141 cm³/mol. The molecule has 1 N–H and O–H groups in total. The first-order valence-electron chi connectivity index (χ1n) is 13.3. The molecule has 0 bridgehead atoms. The molecule has 2 aliphatic rings. The Labute approximate surface area is 214 Å². The molecule has 2 aromatic carbocycles. The number of amides is 1. The van der Waals surface area contributed by atoms with Crippen molar-refractivity contribution in [3.63, 3.8) is 0 Å². The van der Waals surface area contributed by atoms with Crippen LogP contribution < -0.4 is 0 Å². The summed E-state index contributed by atoms with van der Waals surface area (Å²) < 4.78 is 0. The fourth-order valence-electron chi connectivity index (χ4n) is 6.43. The van der Waals surface area contributed by atoms with Crippen LogP contribution in [0.4, 0.5) is 0 Å². The molecule has 5 rings (SSSR count). The van der Waals surface area contributed by atoms with E-state index in [0.717, 1.165) is 43.9 Å². The van der Waals surface area contributed by atoms with Crippen LogP contribution in [0.1, 0.15) is 71.4 Å². The minimum Gasteiger partial charge on any atom is -0.411 e. The van der Waals surface area contributed by atoms with Gasteiger partial charge in [0.25, 0.3) is 5.91 Å². The zero-order valence-corrected chi connectivity index (χ0v) is 21.7. The zero-order valence-electron chi connectivity index (χ0n) is 21.7. The standard InChI is InChI=1S/C30H38N4O2/c1-22-27(23(2)34(36)31-22)29(35)32-20-16-30(3,17-21-32)33-18-14-26(15-19-33)28(24-10-6-4-7-11-24)25-12-8-5-9-13-25/h4-13,26,28,36H,14-21H2,1-3H3. The van der Waals surface area contributed by atoms with E-state index in [2.05, 4.69) is 77.6 Å². The van der Waals surface area contributed by atoms with Gasteiger partial charge >= 0.3 is 0 Å². The van der Waals surface area contributed by atoms with E-state index in [1.54, 1.807) is 13.8 Å². The molecule has 2 aliphatic heterocycles. The average molecular weight is 487 g/mol. The Morgan fingerprint density at radius 2 is 1.44 bits per heavy atom. The van der Waals surface area contributed by atoms with Gasteiger partial charge in [0, 0.05) is 24.5 Å². The third-order valence-corrected chi connectivity index (χ3v) is 8.70. The Morgan fingerprint density at radius 3 is 1.92 bits per heavy atom. The summed E-state index contributed by atoms with van der Waals surface area (Å²) >= 11 is 0. The van der Waals surface area contributed by atoms with Gasteiger partial charge < -0.3 is 10.1 Å². The van der Waals surface area contributed by atoms with Crippen LogP contribution in [0.25, 0.3) is 0 Å². The van der Waals surface area contributed by atoms with E-state index in [0.29, 0.717) is 28.8 Å². The van der Waals surface area contributed by atoms with Crippen LogP contribution in [0, 0.1) is 19.8 Å². The quantitative estimate of drug-likeness (QED) is 0.499. The van der Waals surface area contributed by atoms with Crippen molar-refractivity contribution in [1.29, 1.82) is 0 Å². The van der Waals surface area contributed by atoms with E-state index in [1.165, 1.54) is 24.0 Å². The van der Waals surface area contributed by atoms with E-state index in [9.17, 15) is 10.0 Å². The molecule has 6 nitrogen and oxygen atoms in total. The summed E-state index contributed by atoms with van der Waals surface area (Å²) in [7, 11) is 0. The molecule has 3 heterocycles. The SMILES string of the molecule is Cc1nn(O)c(C)c1C(=O)N1CCC(C)(N2CCC(C(c3ccccc3)c3ccccc3)CC2)CC1. The summed E-state index contributed by atoms with van der Waals surface area (Å²) in [6.07, 6.45) is 4.30. The lowest BCUT2D eigenvalue weighted by atomic mass is 9.75. The van der Waals surface area contributed by atoms with E-state index in [1.807, 2.05) is 4.90 Å². The molecule has 6 heteroatoms. The number of benzene rings is 2. The summed E-state index contributed by atoms with van der Waals surface area (Å²) in [5.41, 5.74) is 4.58. The molecule has 36 heavy (non-hydrogen) atoms. The predicted octanol–water partition coefficient (Wildman–Crippen LogP) is 5.28. The van der Waals surface area contributed by atoms with Gasteiger partial charge in [-0.2, -0.15) is 0 Å². The molecule has 2 saturated heterocycles. The number of rotatable bonds is 5. The first-order chi connectivity index (χ1) is 17.4. The summed E-state index contributed by atoms with van der Waals surface area (Å²) in [6, 6.07) is 22.0. The van der Waals surface area contributed by atoms with Gasteiger partial charge in [0.2, 0.25) is 0 Å². The third kappa shape index (κ3) is 4.66. The van der Waals surface area contributed by atoms with E-state index in [4.69, 9.17) is 0 Å². The van der Waals surface area contributed by atoms with Gasteiger partial charge in [-0.25, -0.2) is 0 Å². The topological polar surface area (TPSA) is 61.6 Å². The molecule has 0 saturated carbocycles. The van der Waals surface area contributed by atoms with Crippen molar-refractivity contribution >= 4 is 5.91 Å². The third-order valence-electron chi connectivity index (χ3n) is 8.70. The number of piperidine rings is 2. The fourth-order valence-corrected chi connectivity index (χ4v) is 6.43. The van der Waals surface area contributed by atoms with Crippen LogP contribution in [0.3, 0.4) is 0 Å². The lowest BCUT2D eigenvalue weighted by Gasteiger charge is -2.50. The Bertz CT molecular complexity index is 1130. The molecule has 1 aromatic heterocycles. The number of aryl methyl sites for hydroxylation is 1. The van der Waals surface area contributed by atoms with E-state index < -0.39 is 0 Å². The monoisotopic (exact) mass is 486 g/mol. The first-order valence-corrected chi connectivity index (χ1v) is 13.3. The summed E-state index contributed by atoms with van der Waals surface area (Å²) in [4.78, 5) is 18.6. The zero-order chi connectivity index (χ0) is 25.3. The van der Waals surface area contributed by atoms with Crippen molar-refractivity contribution in [2.75, 3.05) is 26.2 Å². The molecule has 0 spiro atoms. The van der Waals surface area contributed by atoms with Crippen molar-refractivity contribution in [2.45, 2.75) is 57.9 Å². The lowest BCUT2D eigenvalue weighted by Crippen LogP contribution is -2.56. The molecule has 0 aliphatic carbocycles. The molecular weight excluding hydrogens is 448 g/mol. The minimum absolute atomic E-state index is 0.0142.